The molecule has 428 valence electrons. The van der Waals surface area contributed by atoms with Gasteiger partial charge in [0.15, 0.2) is 6.04 Å². The fraction of sp³-hybridized carbons (Fsp3) is 0.458. The number of carboxylic acids is 1. The Morgan fingerprint density at radius 3 is 2.02 bits per heavy atom. The van der Waals surface area contributed by atoms with E-state index in [9.17, 15) is 33.9 Å². The maximum atomic E-state index is 14.2. The summed E-state index contributed by atoms with van der Waals surface area (Å²) in [5.74, 6) is 4.33. The molecule has 0 bridgehead atoms. The molecule has 1 unspecified atom stereocenters. The predicted molar refractivity (Wildman–Crippen MR) is 316 cm³/mol. The second-order valence-electron chi connectivity index (χ2n) is 22.0. The second kappa shape index (κ2) is 25.6. The summed E-state index contributed by atoms with van der Waals surface area (Å²) in [6.07, 6.45) is 0.182. The monoisotopic (exact) mass is 1260 g/mol. The number of ether oxygens (including phenoxy) is 4. The Morgan fingerprint density at radius 2 is 1.44 bits per heavy atom. The van der Waals surface area contributed by atoms with Crippen molar-refractivity contribution in [2.75, 3.05) is 53.5 Å². The van der Waals surface area contributed by atoms with E-state index in [1.54, 1.807) is 70.1 Å². The number of benzene rings is 2. The number of carbonyl (C=O) groups excluding carboxylic acids is 5. The van der Waals surface area contributed by atoms with Crippen LogP contribution in [-0.2, 0) is 49.8 Å². The van der Waals surface area contributed by atoms with Crippen LogP contribution in [0.3, 0.4) is 0 Å². The van der Waals surface area contributed by atoms with Crippen LogP contribution >= 0.6 is 54.5 Å². The van der Waals surface area contributed by atoms with Crippen LogP contribution in [0.2, 0.25) is 0 Å². The number of fused-ring (bicyclic) bond motifs is 6. The van der Waals surface area contributed by atoms with E-state index in [1.165, 1.54) is 33.8 Å². The lowest BCUT2D eigenvalue weighted by molar-refractivity contribution is -0.159. The minimum Gasteiger partial charge on any atom is -0.496 e. The lowest BCUT2D eigenvalue weighted by Gasteiger charge is -2.37. The Hall–Kier alpha value is -6.34. The highest BCUT2D eigenvalue weighted by Crippen LogP contribution is 2.48. The lowest BCUT2D eigenvalue weighted by Crippen LogP contribution is -2.53. The van der Waals surface area contributed by atoms with Gasteiger partial charge in [0, 0.05) is 72.9 Å². The molecule has 3 aliphatic rings. The molecule has 1 N–H and O–H groups in total. The van der Waals surface area contributed by atoms with Crippen molar-refractivity contribution in [3.63, 3.8) is 0 Å². The predicted octanol–water partition coefficient (Wildman–Crippen LogP) is 11.4. The maximum absolute atomic E-state index is 14.2. The first-order chi connectivity index (χ1) is 37.7. The average Bonchev–Trinajstić information content (AvgIpc) is 4.33. The molecule has 6 heterocycles. The van der Waals surface area contributed by atoms with E-state index >= 15 is 0 Å². The van der Waals surface area contributed by atoms with Crippen molar-refractivity contribution in [1.29, 1.82) is 0 Å². The van der Waals surface area contributed by atoms with Gasteiger partial charge < -0.3 is 48.2 Å². The first-order valence-electron chi connectivity index (χ1n) is 26.4. The molecule has 0 spiro atoms. The number of halogens is 2. The number of amides is 5. The molecule has 3 aliphatic heterocycles. The molecule has 5 aromatic rings. The molecule has 3 aromatic heterocycles. The minimum absolute atomic E-state index is 0.0129. The van der Waals surface area contributed by atoms with Gasteiger partial charge in [-0.05, 0) is 178 Å². The van der Waals surface area contributed by atoms with Gasteiger partial charge in [0.05, 0.1) is 46.8 Å². The number of hydrogen-bond acceptors (Lipinski definition) is 12. The van der Waals surface area contributed by atoms with Gasteiger partial charge in [0.2, 0.25) is 0 Å². The standard InChI is InChI=1S/C30H36BrN3O7S.C29H34BrN3O4S/c1-19(2)33(15-14-32(29(39)41-30(3,4)5)12-7-9-21-10-8-16-42-21)26(35)27(36)34-13-11-20-17-24(40-6)23(31)18-22(20)25(34)28(37)38;1-17(2)32-12-11-31(28(35)37-29(3,4)5)16-20-24(23-8-7-13-38-23)25-19-15-21(30)22(36-6)14-18(19)9-10-33(25)26(20)27(32)34/h8,10,16-19,25H,11-15H2,1-6H3,(H,37,38);7-8,13-15,17H,9-12,16H2,1-6H3. The number of rotatable bonds is 10. The molecule has 0 saturated carbocycles. The first-order valence-corrected chi connectivity index (χ1v) is 29.7. The minimum atomic E-state index is -1.34. The number of carbonyl (C=O) groups is 6. The van der Waals surface area contributed by atoms with Crippen LogP contribution in [0.1, 0.15) is 113 Å². The Morgan fingerprint density at radius 1 is 0.800 bits per heavy atom. The van der Waals surface area contributed by atoms with E-state index in [4.69, 9.17) is 18.9 Å². The van der Waals surface area contributed by atoms with E-state index in [0.29, 0.717) is 54.1 Å². The summed E-state index contributed by atoms with van der Waals surface area (Å²) in [4.78, 5) is 89.4. The summed E-state index contributed by atoms with van der Waals surface area (Å²) in [5.41, 5.74) is 5.63. The Labute approximate surface area is 493 Å². The van der Waals surface area contributed by atoms with E-state index < -0.39 is 47.2 Å². The van der Waals surface area contributed by atoms with Gasteiger partial charge in [-0.25, -0.2) is 14.4 Å². The van der Waals surface area contributed by atoms with Crippen LogP contribution in [0.25, 0.3) is 21.7 Å². The van der Waals surface area contributed by atoms with Gasteiger partial charge in [-0.2, -0.15) is 0 Å². The highest BCUT2D eigenvalue weighted by Gasteiger charge is 2.42. The summed E-state index contributed by atoms with van der Waals surface area (Å²) in [6.45, 7) is 20.5. The van der Waals surface area contributed by atoms with E-state index in [1.807, 2.05) is 63.1 Å². The van der Waals surface area contributed by atoms with E-state index in [-0.39, 0.29) is 44.2 Å². The number of aryl methyl sites for hydroxylation is 1. The van der Waals surface area contributed by atoms with Crippen molar-refractivity contribution < 1.29 is 52.8 Å². The molecule has 5 amide bonds. The number of methoxy groups -OCH3 is 2. The van der Waals surface area contributed by atoms with Gasteiger partial charge in [-0.15, -0.1) is 22.7 Å². The van der Waals surface area contributed by atoms with Crippen molar-refractivity contribution >= 4 is 90.4 Å². The van der Waals surface area contributed by atoms with Gasteiger partial charge in [-0.1, -0.05) is 24.0 Å². The summed E-state index contributed by atoms with van der Waals surface area (Å²) < 4.78 is 25.9. The number of nitrogens with zero attached hydrogens (tertiary/aromatic N) is 6. The Kier molecular flexibility index (Phi) is 19.6. The third-order valence-electron chi connectivity index (χ3n) is 13.5. The summed E-state index contributed by atoms with van der Waals surface area (Å²) in [7, 11) is 3.19. The average molecular weight is 1260 g/mol. The number of thiophene rings is 2. The molecule has 2 aromatic carbocycles. The van der Waals surface area contributed by atoms with Crippen LogP contribution in [0.15, 0.2) is 68.2 Å². The van der Waals surface area contributed by atoms with Crippen LogP contribution in [-0.4, -0.2) is 147 Å². The zero-order valence-corrected chi connectivity index (χ0v) is 52.2. The zero-order valence-electron chi connectivity index (χ0n) is 47.4. The van der Waals surface area contributed by atoms with Crippen LogP contribution in [0.5, 0.6) is 11.5 Å². The van der Waals surface area contributed by atoms with Gasteiger partial charge in [-0.3, -0.25) is 19.3 Å². The quantitative estimate of drug-likeness (QED) is 0.104. The highest BCUT2D eigenvalue weighted by molar-refractivity contribution is 9.11. The van der Waals surface area contributed by atoms with E-state index in [0.717, 1.165) is 59.2 Å². The van der Waals surface area contributed by atoms with Crippen LogP contribution in [0.4, 0.5) is 9.59 Å². The molecule has 17 nitrogen and oxygen atoms in total. The molecule has 80 heavy (non-hydrogen) atoms. The third kappa shape index (κ3) is 14.0. The van der Waals surface area contributed by atoms with Gasteiger partial charge >= 0.3 is 30.0 Å². The Balaban J connectivity index is 0.000000232. The smallest absolute Gasteiger partial charge is 0.411 e. The summed E-state index contributed by atoms with van der Waals surface area (Å²) >= 11 is 10.2. The third-order valence-corrected chi connectivity index (χ3v) is 16.4. The number of carboxylic acid groups (broad SMARTS) is 1. The molecule has 1 atom stereocenters. The molecule has 8 rings (SSSR count). The zero-order chi connectivity index (χ0) is 58.5. The topological polar surface area (TPSA) is 181 Å². The van der Waals surface area contributed by atoms with Crippen molar-refractivity contribution in [2.24, 2.45) is 0 Å². The van der Waals surface area contributed by atoms with Gasteiger partial charge in [0.1, 0.15) is 28.4 Å². The van der Waals surface area contributed by atoms with E-state index in [2.05, 4.69) is 71.8 Å². The van der Waals surface area contributed by atoms with Crippen molar-refractivity contribution in [1.82, 2.24) is 29.1 Å². The maximum Gasteiger partial charge on any atom is 0.411 e. The fourth-order valence-corrected chi connectivity index (χ4v) is 12.3. The summed E-state index contributed by atoms with van der Waals surface area (Å²) in [5, 5.41) is 14.1. The number of aliphatic carboxylic acids is 1. The van der Waals surface area contributed by atoms with Crippen LogP contribution < -0.4 is 9.47 Å². The normalized spacial score (nSPS) is 14.9. The molecule has 0 fully saturated rings. The molecular weight excluding hydrogens is 1190 g/mol. The SMILES string of the molecule is COc1cc2c(cc1Br)-c1c(-c3cccs3)c3c(n1CC2)C(=O)N(C(C)C)CCN(C(=O)OC(C)(C)C)C3.COc1cc2c(cc1Br)C(C(=O)O)N(C(=O)C(=O)N(CCN(CC#Cc1cccs1)C(=O)OC(C)(C)C)C(C)C)CC2. The van der Waals surface area contributed by atoms with Crippen molar-refractivity contribution in [3.8, 4) is 45.0 Å². The molecule has 0 aliphatic carbocycles. The molecule has 0 saturated heterocycles. The Bertz CT molecular complexity index is 3190. The largest absolute Gasteiger partial charge is 0.496 e. The van der Waals surface area contributed by atoms with Crippen molar-refractivity contribution in [3.05, 3.63) is 101 Å². The fourth-order valence-electron chi connectivity index (χ4n) is 9.84. The lowest BCUT2D eigenvalue weighted by atomic mass is 9.92. The molecule has 21 heteroatoms. The van der Waals surface area contributed by atoms with Gasteiger partial charge in [0.25, 0.3) is 5.91 Å². The second-order valence-corrected chi connectivity index (χ2v) is 25.6. The van der Waals surface area contributed by atoms with Crippen LogP contribution in [0, 0.1) is 11.8 Å². The highest BCUT2D eigenvalue weighted by atomic mass is 79.9. The number of aromatic nitrogens is 1. The summed E-state index contributed by atoms with van der Waals surface area (Å²) in [6, 6.07) is 13.7. The first kappa shape index (κ1) is 61.3. The molecule has 0 radical (unpaired) electrons. The van der Waals surface area contributed by atoms with Crippen molar-refractivity contribution in [2.45, 2.75) is 124 Å². The number of hydrogen-bond donors (Lipinski definition) is 1. The molecular formula is C59H70Br2N6O11S2.